The van der Waals surface area contributed by atoms with Crippen LogP contribution in [0.1, 0.15) is 5.56 Å². The van der Waals surface area contributed by atoms with Gasteiger partial charge in [-0.2, -0.15) is 10.2 Å². The standard InChI is InChI=1S/C14H15N3O/c15-12-3-7-14(8-4-12)17-16-13-5-1-11(2-6-13)9-10-18/h1-8,18H,9-10,15H2. The van der Waals surface area contributed by atoms with Gasteiger partial charge in [0.1, 0.15) is 0 Å². The maximum Gasteiger partial charge on any atom is 0.0858 e. The highest BCUT2D eigenvalue weighted by Gasteiger charge is 1.93. The van der Waals surface area contributed by atoms with Crippen molar-refractivity contribution in [3.8, 4) is 0 Å². The molecule has 0 fully saturated rings. The highest BCUT2D eigenvalue weighted by Crippen LogP contribution is 2.19. The summed E-state index contributed by atoms with van der Waals surface area (Å²) < 4.78 is 0. The van der Waals surface area contributed by atoms with E-state index in [1.807, 2.05) is 36.4 Å². The highest BCUT2D eigenvalue weighted by molar-refractivity contribution is 5.48. The van der Waals surface area contributed by atoms with Gasteiger partial charge in [-0.1, -0.05) is 12.1 Å². The van der Waals surface area contributed by atoms with Crippen molar-refractivity contribution in [1.29, 1.82) is 0 Å². The molecule has 0 aliphatic rings. The molecule has 4 heteroatoms. The Balaban J connectivity index is 2.06. The van der Waals surface area contributed by atoms with Crippen LogP contribution in [0.25, 0.3) is 0 Å². The van der Waals surface area contributed by atoms with Crippen LogP contribution in [-0.2, 0) is 6.42 Å². The average Bonchev–Trinajstić information content (AvgIpc) is 2.40. The minimum Gasteiger partial charge on any atom is -0.399 e. The summed E-state index contributed by atoms with van der Waals surface area (Å²) in [4.78, 5) is 0. The number of aliphatic hydroxyl groups is 1. The third-order valence-corrected chi connectivity index (χ3v) is 2.51. The number of hydrogen-bond acceptors (Lipinski definition) is 4. The molecule has 0 saturated heterocycles. The SMILES string of the molecule is Nc1ccc(N=Nc2ccc(CCO)cc2)cc1. The van der Waals surface area contributed by atoms with Crippen molar-refractivity contribution in [2.24, 2.45) is 10.2 Å². The molecule has 0 saturated carbocycles. The van der Waals surface area contributed by atoms with Crippen LogP contribution in [0.3, 0.4) is 0 Å². The molecule has 0 aromatic heterocycles. The molecule has 2 rings (SSSR count). The minimum absolute atomic E-state index is 0.159. The summed E-state index contributed by atoms with van der Waals surface area (Å²) >= 11 is 0. The van der Waals surface area contributed by atoms with Crippen molar-refractivity contribution in [1.82, 2.24) is 0 Å². The molecule has 0 atom stereocenters. The van der Waals surface area contributed by atoms with E-state index < -0.39 is 0 Å². The first-order valence-corrected chi connectivity index (χ1v) is 5.75. The lowest BCUT2D eigenvalue weighted by molar-refractivity contribution is 0.299. The number of nitrogens with zero attached hydrogens (tertiary/aromatic N) is 2. The van der Waals surface area contributed by atoms with Crippen LogP contribution in [0.4, 0.5) is 17.1 Å². The van der Waals surface area contributed by atoms with Gasteiger partial charge in [0.15, 0.2) is 0 Å². The normalized spacial score (nSPS) is 10.9. The third-order valence-electron chi connectivity index (χ3n) is 2.51. The summed E-state index contributed by atoms with van der Waals surface area (Å²) in [5.74, 6) is 0. The van der Waals surface area contributed by atoms with E-state index in [1.54, 1.807) is 12.1 Å². The Bertz CT molecular complexity index is 518. The largest absolute Gasteiger partial charge is 0.399 e. The van der Waals surface area contributed by atoms with Crippen LogP contribution in [0.2, 0.25) is 0 Å². The monoisotopic (exact) mass is 241 g/mol. The van der Waals surface area contributed by atoms with Crippen LogP contribution in [0, 0.1) is 0 Å². The Morgan fingerprint density at radius 1 is 0.833 bits per heavy atom. The van der Waals surface area contributed by atoms with Gasteiger partial charge in [0.05, 0.1) is 11.4 Å². The van der Waals surface area contributed by atoms with Crippen molar-refractivity contribution >= 4 is 17.1 Å². The number of hydrogen-bond donors (Lipinski definition) is 2. The Hall–Kier alpha value is -2.20. The van der Waals surface area contributed by atoms with Gasteiger partial charge in [-0.25, -0.2) is 0 Å². The van der Waals surface area contributed by atoms with E-state index in [4.69, 9.17) is 10.8 Å². The van der Waals surface area contributed by atoms with Gasteiger partial charge in [-0.15, -0.1) is 0 Å². The maximum absolute atomic E-state index is 8.81. The van der Waals surface area contributed by atoms with E-state index in [1.165, 1.54) is 0 Å². The summed E-state index contributed by atoms with van der Waals surface area (Å²) in [6.45, 7) is 0.159. The summed E-state index contributed by atoms with van der Waals surface area (Å²) in [7, 11) is 0. The van der Waals surface area contributed by atoms with E-state index in [0.717, 1.165) is 16.9 Å². The first-order chi connectivity index (χ1) is 8.78. The van der Waals surface area contributed by atoms with Crippen molar-refractivity contribution in [3.63, 3.8) is 0 Å². The topological polar surface area (TPSA) is 71.0 Å². The predicted octanol–water partition coefficient (Wildman–Crippen LogP) is 3.22. The second kappa shape index (κ2) is 5.93. The highest BCUT2D eigenvalue weighted by atomic mass is 16.2. The van der Waals surface area contributed by atoms with Crippen LogP contribution in [0.15, 0.2) is 58.8 Å². The molecule has 0 aliphatic carbocycles. The first-order valence-electron chi connectivity index (χ1n) is 5.75. The Morgan fingerprint density at radius 3 is 1.83 bits per heavy atom. The molecule has 18 heavy (non-hydrogen) atoms. The zero-order valence-electron chi connectivity index (χ0n) is 9.95. The van der Waals surface area contributed by atoms with Crippen molar-refractivity contribution in [3.05, 3.63) is 54.1 Å². The molecule has 3 N–H and O–H groups in total. The van der Waals surface area contributed by atoms with Gasteiger partial charge in [-0.3, -0.25) is 0 Å². The lowest BCUT2D eigenvalue weighted by Crippen LogP contribution is -1.88. The molecule has 0 spiro atoms. The second-order valence-electron chi connectivity index (χ2n) is 3.93. The molecule has 2 aromatic carbocycles. The number of nitrogens with two attached hydrogens (primary N) is 1. The lowest BCUT2D eigenvalue weighted by Gasteiger charge is -1.98. The quantitative estimate of drug-likeness (QED) is 0.637. The third kappa shape index (κ3) is 3.40. The fraction of sp³-hybridized carbons (Fsp3) is 0.143. The molecule has 92 valence electrons. The van der Waals surface area contributed by atoms with Crippen LogP contribution >= 0.6 is 0 Å². The minimum atomic E-state index is 0.159. The molecule has 0 heterocycles. The van der Waals surface area contributed by atoms with E-state index in [0.29, 0.717) is 12.1 Å². The maximum atomic E-state index is 8.81. The Labute approximate surface area is 106 Å². The summed E-state index contributed by atoms with van der Waals surface area (Å²) in [5.41, 5.74) is 8.94. The van der Waals surface area contributed by atoms with E-state index >= 15 is 0 Å². The lowest BCUT2D eigenvalue weighted by atomic mass is 10.1. The number of anilines is 1. The van der Waals surface area contributed by atoms with Crippen LogP contribution < -0.4 is 5.73 Å². The van der Waals surface area contributed by atoms with Gasteiger partial charge in [0, 0.05) is 12.3 Å². The summed E-state index contributed by atoms with van der Waals surface area (Å²) in [6, 6.07) is 14.9. The van der Waals surface area contributed by atoms with E-state index in [-0.39, 0.29) is 6.61 Å². The zero-order chi connectivity index (χ0) is 12.8. The van der Waals surface area contributed by atoms with Crippen molar-refractivity contribution in [2.75, 3.05) is 12.3 Å². The molecule has 0 aliphatic heterocycles. The molecule has 0 amide bonds. The summed E-state index contributed by atoms with van der Waals surface area (Å²) in [5, 5.41) is 17.1. The van der Waals surface area contributed by atoms with E-state index in [2.05, 4.69) is 10.2 Å². The number of nitrogen functional groups attached to an aromatic ring is 1. The predicted molar refractivity (Wildman–Crippen MR) is 72.3 cm³/mol. The molecular weight excluding hydrogens is 226 g/mol. The van der Waals surface area contributed by atoms with Gasteiger partial charge >= 0.3 is 0 Å². The van der Waals surface area contributed by atoms with Crippen LogP contribution in [0.5, 0.6) is 0 Å². The molecule has 2 aromatic rings. The van der Waals surface area contributed by atoms with Gasteiger partial charge in [-0.05, 0) is 48.4 Å². The summed E-state index contributed by atoms with van der Waals surface area (Å²) in [6.07, 6.45) is 0.662. The van der Waals surface area contributed by atoms with Gasteiger partial charge in [0.2, 0.25) is 0 Å². The fourth-order valence-electron chi connectivity index (χ4n) is 1.51. The Kier molecular flexibility index (Phi) is 4.04. The molecule has 0 unspecified atom stereocenters. The number of benzene rings is 2. The molecule has 0 radical (unpaired) electrons. The number of azo groups is 1. The molecule has 4 nitrogen and oxygen atoms in total. The molecule has 0 bridgehead atoms. The van der Waals surface area contributed by atoms with Crippen molar-refractivity contribution in [2.45, 2.75) is 6.42 Å². The van der Waals surface area contributed by atoms with Gasteiger partial charge < -0.3 is 10.8 Å². The van der Waals surface area contributed by atoms with E-state index in [9.17, 15) is 0 Å². The zero-order valence-corrected chi connectivity index (χ0v) is 9.95. The number of aliphatic hydroxyl groups excluding tert-OH is 1. The molecular formula is C14H15N3O. The average molecular weight is 241 g/mol. The Morgan fingerprint density at radius 2 is 1.33 bits per heavy atom. The van der Waals surface area contributed by atoms with Crippen LogP contribution in [-0.4, -0.2) is 11.7 Å². The fourth-order valence-corrected chi connectivity index (χ4v) is 1.51. The van der Waals surface area contributed by atoms with Crippen molar-refractivity contribution < 1.29 is 5.11 Å². The van der Waals surface area contributed by atoms with Gasteiger partial charge in [0.25, 0.3) is 0 Å². The number of rotatable bonds is 4. The second-order valence-corrected chi connectivity index (χ2v) is 3.93. The smallest absolute Gasteiger partial charge is 0.0858 e. The first kappa shape index (κ1) is 12.3.